The molecule has 30 heavy (non-hydrogen) atoms. The lowest BCUT2D eigenvalue weighted by molar-refractivity contribution is 0.0693. The molecule has 1 heterocycles. The van der Waals surface area contributed by atoms with E-state index in [0.717, 1.165) is 24.3 Å². The van der Waals surface area contributed by atoms with Crippen molar-refractivity contribution >= 4 is 23.5 Å². The molecule has 0 saturated carbocycles. The van der Waals surface area contributed by atoms with Crippen molar-refractivity contribution in [3.8, 4) is 22.6 Å². The van der Waals surface area contributed by atoms with Crippen LogP contribution in [0.15, 0.2) is 48.5 Å². The Kier molecular flexibility index (Phi) is 4.23. The first kappa shape index (κ1) is 19.1. The number of rotatable bonds is 3. The van der Waals surface area contributed by atoms with Gasteiger partial charge in [0.25, 0.3) is 11.8 Å². The Morgan fingerprint density at radius 3 is 2.00 bits per heavy atom. The fourth-order valence-electron chi connectivity index (χ4n) is 3.22. The molecule has 0 saturated heterocycles. The summed E-state index contributed by atoms with van der Waals surface area (Å²) < 4.78 is 26.8. The van der Waals surface area contributed by atoms with Crippen molar-refractivity contribution in [2.24, 2.45) is 0 Å². The van der Waals surface area contributed by atoms with E-state index in [2.05, 4.69) is 0 Å². The maximum absolute atomic E-state index is 13.6. The van der Waals surface area contributed by atoms with E-state index in [1.165, 1.54) is 24.3 Å². The molecule has 0 fully saturated rings. The van der Waals surface area contributed by atoms with Gasteiger partial charge in [-0.25, -0.2) is 18.5 Å². The first-order chi connectivity index (χ1) is 14.2. The van der Waals surface area contributed by atoms with Gasteiger partial charge >= 0.3 is 5.97 Å². The molecule has 0 spiro atoms. The molecule has 0 radical (unpaired) electrons. The Balaban J connectivity index is 1.82. The van der Waals surface area contributed by atoms with Crippen molar-refractivity contribution in [3.05, 3.63) is 76.9 Å². The van der Waals surface area contributed by atoms with E-state index in [9.17, 15) is 33.4 Å². The molecule has 150 valence electrons. The van der Waals surface area contributed by atoms with Gasteiger partial charge in [0.05, 0.1) is 16.8 Å². The molecule has 0 bridgehead atoms. The van der Waals surface area contributed by atoms with Crippen molar-refractivity contribution in [2.75, 3.05) is 4.90 Å². The number of carboxylic acid groups (broad SMARTS) is 1. The number of carboxylic acids is 1. The number of phenols is 2. The van der Waals surface area contributed by atoms with Crippen LogP contribution >= 0.6 is 0 Å². The van der Waals surface area contributed by atoms with Crippen LogP contribution in [0.4, 0.5) is 14.5 Å². The molecule has 4 rings (SSSR count). The van der Waals surface area contributed by atoms with Crippen molar-refractivity contribution in [3.63, 3.8) is 0 Å². The topological polar surface area (TPSA) is 115 Å². The van der Waals surface area contributed by atoms with Crippen LogP contribution in [0.5, 0.6) is 11.5 Å². The van der Waals surface area contributed by atoms with Crippen molar-refractivity contribution < 1.29 is 38.5 Å². The second-order valence-electron chi connectivity index (χ2n) is 6.50. The van der Waals surface area contributed by atoms with Gasteiger partial charge in [-0.3, -0.25) is 9.59 Å². The number of imide groups is 1. The molecular formula is C21H11F2NO6. The summed E-state index contributed by atoms with van der Waals surface area (Å²) in [5.41, 5.74) is -0.769. The van der Waals surface area contributed by atoms with Crippen LogP contribution in [-0.2, 0) is 0 Å². The summed E-state index contributed by atoms with van der Waals surface area (Å²) >= 11 is 0. The molecule has 9 heteroatoms. The minimum Gasteiger partial charge on any atom is -0.507 e. The molecule has 1 aliphatic rings. The SMILES string of the molecule is O=C(O)c1cc2c(cc1O)C(=O)N(c1cc(-c3ccc(F)c(F)c3)ccc1O)C2=O. The molecule has 0 aliphatic carbocycles. The van der Waals surface area contributed by atoms with E-state index < -0.39 is 46.5 Å². The average molecular weight is 411 g/mol. The van der Waals surface area contributed by atoms with Gasteiger partial charge in [0.2, 0.25) is 0 Å². The molecule has 0 unspecified atom stereocenters. The molecular weight excluding hydrogens is 400 g/mol. The number of carbonyl (C=O) groups is 3. The summed E-state index contributed by atoms with van der Waals surface area (Å²) in [7, 11) is 0. The molecule has 0 aromatic heterocycles. The number of carbonyl (C=O) groups excluding carboxylic acids is 2. The monoisotopic (exact) mass is 411 g/mol. The molecule has 7 nitrogen and oxygen atoms in total. The van der Waals surface area contributed by atoms with Crippen LogP contribution in [0.25, 0.3) is 11.1 Å². The summed E-state index contributed by atoms with van der Waals surface area (Å²) in [4.78, 5) is 37.4. The average Bonchev–Trinajstić information content (AvgIpc) is 2.93. The maximum Gasteiger partial charge on any atom is 0.339 e. The van der Waals surface area contributed by atoms with E-state index in [1.54, 1.807) is 0 Å². The second-order valence-corrected chi connectivity index (χ2v) is 6.50. The molecule has 3 aromatic carbocycles. The van der Waals surface area contributed by atoms with Crippen LogP contribution in [0.3, 0.4) is 0 Å². The van der Waals surface area contributed by atoms with E-state index in [-0.39, 0.29) is 27.9 Å². The number of phenolic OH excluding ortho intramolecular Hbond substituents is 1. The zero-order valence-electron chi connectivity index (χ0n) is 14.9. The van der Waals surface area contributed by atoms with E-state index in [0.29, 0.717) is 4.90 Å². The van der Waals surface area contributed by atoms with Gasteiger partial charge in [-0.05, 0) is 47.5 Å². The number of aromatic carboxylic acids is 1. The Bertz CT molecular complexity index is 1270. The molecule has 0 atom stereocenters. The molecule has 1 aliphatic heterocycles. The summed E-state index contributed by atoms with van der Waals surface area (Å²) in [6, 6.07) is 8.67. The number of hydrogen-bond donors (Lipinski definition) is 3. The third kappa shape index (κ3) is 2.84. The van der Waals surface area contributed by atoms with Gasteiger partial charge in [0.15, 0.2) is 11.6 Å². The lowest BCUT2D eigenvalue weighted by Crippen LogP contribution is -2.29. The van der Waals surface area contributed by atoms with E-state index in [4.69, 9.17) is 5.11 Å². The van der Waals surface area contributed by atoms with Crippen molar-refractivity contribution in [1.29, 1.82) is 0 Å². The highest BCUT2D eigenvalue weighted by Gasteiger charge is 2.39. The van der Waals surface area contributed by atoms with Gasteiger partial charge < -0.3 is 15.3 Å². The summed E-state index contributed by atoms with van der Waals surface area (Å²) in [6.07, 6.45) is 0. The highest BCUT2D eigenvalue weighted by Crippen LogP contribution is 2.39. The van der Waals surface area contributed by atoms with Gasteiger partial charge in [-0.1, -0.05) is 12.1 Å². The predicted molar refractivity (Wildman–Crippen MR) is 99.7 cm³/mol. The number of nitrogens with zero attached hydrogens (tertiary/aromatic N) is 1. The fourth-order valence-corrected chi connectivity index (χ4v) is 3.22. The number of halogens is 2. The second kappa shape index (κ2) is 6.66. The van der Waals surface area contributed by atoms with Gasteiger partial charge in [0.1, 0.15) is 17.1 Å². The van der Waals surface area contributed by atoms with Gasteiger partial charge in [-0.2, -0.15) is 0 Å². The highest BCUT2D eigenvalue weighted by molar-refractivity contribution is 6.35. The lowest BCUT2D eigenvalue weighted by Gasteiger charge is -2.17. The Labute approximate surface area is 167 Å². The Hall–Kier alpha value is -4.27. The Morgan fingerprint density at radius 1 is 0.767 bits per heavy atom. The third-order valence-electron chi connectivity index (χ3n) is 4.70. The van der Waals surface area contributed by atoms with Crippen LogP contribution in [-0.4, -0.2) is 33.1 Å². The third-order valence-corrected chi connectivity index (χ3v) is 4.70. The van der Waals surface area contributed by atoms with E-state index >= 15 is 0 Å². The summed E-state index contributed by atoms with van der Waals surface area (Å²) in [5, 5.41) is 29.2. The lowest BCUT2D eigenvalue weighted by atomic mass is 10.0. The van der Waals surface area contributed by atoms with Crippen molar-refractivity contribution in [1.82, 2.24) is 0 Å². The number of fused-ring (bicyclic) bond motifs is 1. The van der Waals surface area contributed by atoms with Crippen LogP contribution in [0.2, 0.25) is 0 Å². The fraction of sp³-hybridized carbons (Fsp3) is 0. The normalized spacial score (nSPS) is 12.9. The van der Waals surface area contributed by atoms with E-state index in [1.807, 2.05) is 0 Å². The largest absolute Gasteiger partial charge is 0.507 e. The van der Waals surface area contributed by atoms with Gasteiger partial charge in [0, 0.05) is 0 Å². The number of amides is 2. The first-order valence-electron chi connectivity index (χ1n) is 8.46. The van der Waals surface area contributed by atoms with Gasteiger partial charge in [-0.15, -0.1) is 0 Å². The zero-order chi connectivity index (χ0) is 21.7. The Morgan fingerprint density at radius 2 is 1.37 bits per heavy atom. The standard InChI is InChI=1S/C21H11F2NO6/c22-14-3-1-9(5-15(14)23)10-2-4-17(25)16(6-10)24-19(27)11-7-13(21(29)30)18(26)8-12(11)20(24)28/h1-8,25-26H,(H,29,30). The smallest absolute Gasteiger partial charge is 0.339 e. The number of benzene rings is 3. The number of anilines is 1. The zero-order valence-corrected chi connectivity index (χ0v) is 14.9. The van der Waals surface area contributed by atoms with Crippen LogP contribution < -0.4 is 4.90 Å². The quantitative estimate of drug-likeness (QED) is 0.568. The predicted octanol–water partition coefficient (Wildman–Crippen LogP) is 3.54. The maximum atomic E-state index is 13.6. The molecule has 3 N–H and O–H groups in total. The summed E-state index contributed by atoms with van der Waals surface area (Å²) in [6.45, 7) is 0. The van der Waals surface area contributed by atoms with Crippen molar-refractivity contribution in [2.45, 2.75) is 0 Å². The first-order valence-corrected chi connectivity index (χ1v) is 8.46. The molecule has 3 aromatic rings. The number of hydrogen-bond acceptors (Lipinski definition) is 5. The number of aromatic hydroxyl groups is 2. The minimum absolute atomic E-state index is 0.234. The minimum atomic E-state index is -1.49. The highest BCUT2D eigenvalue weighted by atomic mass is 19.2. The molecule has 2 amide bonds. The van der Waals surface area contributed by atoms with Crippen LogP contribution in [0, 0.1) is 11.6 Å². The van der Waals surface area contributed by atoms with Crippen LogP contribution in [0.1, 0.15) is 31.1 Å². The summed E-state index contributed by atoms with van der Waals surface area (Å²) in [5.74, 6) is -6.57.